The Hall–Kier alpha value is -0.650. The summed E-state index contributed by atoms with van der Waals surface area (Å²) in [7, 11) is 0. The molecule has 5 heteroatoms. The summed E-state index contributed by atoms with van der Waals surface area (Å²) in [5.41, 5.74) is 0. The molecule has 0 radical (unpaired) electrons. The molecule has 92 valence electrons. The van der Waals surface area contributed by atoms with Crippen molar-refractivity contribution in [3.05, 3.63) is 39.5 Å². The van der Waals surface area contributed by atoms with Crippen LogP contribution in [0.3, 0.4) is 0 Å². The molecule has 0 saturated carbocycles. The summed E-state index contributed by atoms with van der Waals surface area (Å²) >= 11 is 5.26. The van der Waals surface area contributed by atoms with Crippen molar-refractivity contribution < 1.29 is 0 Å². The maximum absolute atomic E-state index is 4.02. The smallest absolute Gasteiger partial charge is 0.0945 e. The first-order valence-corrected chi connectivity index (χ1v) is 7.36. The zero-order valence-electron chi connectivity index (χ0n) is 9.60. The van der Waals surface area contributed by atoms with Crippen molar-refractivity contribution in [3.8, 4) is 0 Å². The summed E-state index contributed by atoms with van der Waals surface area (Å²) in [5, 5.41) is 3.46. The Morgan fingerprint density at radius 2 is 2.29 bits per heavy atom. The average Bonchev–Trinajstić information content (AvgIpc) is 2.95. The standard InChI is InChI=1S/C12H16BrN3S/c13-12-4-3-11(17-12)9-14-5-1-2-7-16-8-6-15-10-16/h3-4,6,8,10,14H,1-2,5,7,9H2. The van der Waals surface area contributed by atoms with Crippen LogP contribution in [0.4, 0.5) is 0 Å². The molecule has 2 rings (SSSR count). The third-order valence-corrected chi connectivity index (χ3v) is 4.13. The van der Waals surface area contributed by atoms with Gasteiger partial charge in [-0.3, -0.25) is 0 Å². The maximum Gasteiger partial charge on any atom is 0.0945 e. The fourth-order valence-electron chi connectivity index (χ4n) is 1.62. The van der Waals surface area contributed by atoms with Gasteiger partial charge in [-0.25, -0.2) is 4.98 Å². The van der Waals surface area contributed by atoms with Crippen molar-refractivity contribution in [2.24, 2.45) is 0 Å². The van der Waals surface area contributed by atoms with Gasteiger partial charge in [-0.05, 0) is 47.4 Å². The van der Waals surface area contributed by atoms with Gasteiger partial charge >= 0.3 is 0 Å². The fourth-order valence-corrected chi connectivity index (χ4v) is 3.07. The molecular weight excluding hydrogens is 298 g/mol. The van der Waals surface area contributed by atoms with Crippen LogP contribution < -0.4 is 5.32 Å². The molecule has 0 bridgehead atoms. The fraction of sp³-hybridized carbons (Fsp3) is 0.417. The third kappa shape index (κ3) is 4.61. The SMILES string of the molecule is Brc1ccc(CNCCCCn2ccnc2)s1. The normalized spacial score (nSPS) is 10.9. The molecule has 0 amide bonds. The lowest BCUT2D eigenvalue weighted by atomic mass is 10.3. The van der Waals surface area contributed by atoms with Crippen LogP contribution in [0.5, 0.6) is 0 Å². The van der Waals surface area contributed by atoms with E-state index in [0.29, 0.717) is 0 Å². The number of imidazole rings is 1. The molecule has 0 unspecified atom stereocenters. The molecule has 0 aliphatic heterocycles. The van der Waals surface area contributed by atoms with Gasteiger partial charge < -0.3 is 9.88 Å². The predicted molar refractivity (Wildman–Crippen MR) is 75.2 cm³/mol. The Bertz CT molecular complexity index is 425. The highest BCUT2D eigenvalue weighted by Crippen LogP contribution is 2.21. The number of halogens is 1. The van der Waals surface area contributed by atoms with Crippen LogP contribution in [0, 0.1) is 0 Å². The maximum atomic E-state index is 4.02. The first-order valence-electron chi connectivity index (χ1n) is 5.75. The molecule has 0 aliphatic carbocycles. The Morgan fingerprint density at radius 1 is 1.35 bits per heavy atom. The molecule has 0 atom stereocenters. The van der Waals surface area contributed by atoms with Gasteiger partial charge in [0, 0.05) is 30.4 Å². The van der Waals surface area contributed by atoms with Crippen molar-refractivity contribution in [2.45, 2.75) is 25.9 Å². The van der Waals surface area contributed by atoms with E-state index in [9.17, 15) is 0 Å². The van der Waals surface area contributed by atoms with Gasteiger partial charge in [-0.2, -0.15) is 0 Å². The van der Waals surface area contributed by atoms with E-state index in [2.05, 4.69) is 42.9 Å². The molecule has 17 heavy (non-hydrogen) atoms. The summed E-state index contributed by atoms with van der Waals surface area (Å²) in [5.74, 6) is 0. The minimum atomic E-state index is 0.974. The van der Waals surface area contributed by atoms with Crippen molar-refractivity contribution in [3.63, 3.8) is 0 Å². The van der Waals surface area contributed by atoms with E-state index in [4.69, 9.17) is 0 Å². The van der Waals surface area contributed by atoms with Crippen molar-refractivity contribution in [2.75, 3.05) is 6.54 Å². The molecule has 0 aliphatic rings. The zero-order chi connectivity index (χ0) is 11.9. The Morgan fingerprint density at radius 3 is 3.00 bits per heavy atom. The van der Waals surface area contributed by atoms with Gasteiger partial charge in [0.1, 0.15) is 0 Å². The van der Waals surface area contributed by atoms with E-state index in [1.54, 1.807) is 11.3 Å². The van der Waals surface area contributed by atoms with Crippen molar-refractivity contribution in [1.29, 1.82) is 0 Å². The monoisotopic (exact) mass is 313 g/mol. The second kappa shape index (κ2) is 6.93. The molecule has 0 saturated heterocycles. The lowest BCUT2D eigenvalue weighted by molar-refractivity contribution is 0.570. The van der Waals surface area contributed by atoms with Gasteiger partial charge in [-0.15, -0.1) is 11.3 Å². The molecule has 0 aromatic carbocycles. The summed E-state index contributed by atoms with van der Waals surface area (Å²) in [6.07, 6.45) is 8.10. The number of nitrogens with one attached hydrogen (secondary N) is 1. The molecule has 2 heterocycles. The summed E-state index contributed by atoms with van der Waals surface area (Å²) in [6.45, 7) is 3.11. The number of hydrogen-bond acceptors (Lipinski definition) is 3. The minimum Gasteiger partial charge on any atom is -0.337 e. The quantitative estimate of drug-likeness (QED) is 0.795. The van der Waals surface area contributed by atoms with E-state index in [1.807, 2.05) is 18.7 Å². The molecular formula is C12H16BrN3S. The van der Waals surface area contributed by atoms with Crippen LogP contribution in [-0.4, -0.2) is 16.1 Å². The third-order valence-electron chi connectivity index (χ3n) is 2.51. The Balaban J connectivity index is 1.52. The number of aryl methyl sites for hydroxylation is 1. The first-order chi connectivity index (χ1) is 8.34. The van der Waals surface area contributed by atoms with E-state index in [0.717, 1.165) is 19.6 Å². The zero-order valence-corrected chi connectivity index (χ0v) is 12.0. The second-order valence-electron chi connectivity index (χ2n) is 3.89. The Kier molecular flexibility index (Phi) is 5.22. The highest BCUT2D eigenvalue weighted by Gasteiger charge is 1.96. The molecule has 3 nitrogen and oxygen atoms in total. The van der Waals surface area contributed by atoms with E-state index in [-0.39, 0.29) is 0 Å². The molecule has 2 aromatic rings. The van der Waals surface area contributed by atoms with Crippen LogP contribution in [0.25, 0.3) is 0 Å². The van der Waals surface area contributed by atoms with Crippen molar-refractivity contribution in [1.82, 2.24) is 14.9 Å². The topological polar surface area (TPSA) is 29.9 Å². The number of aromatic nitrogens is 2. The van der Waals surface area contributed by atoms with Crippen LogP contribution in [-0.2, 0) is 13.1 Å². The largest absolute Gasteiger partial charge is 0.337 e. The number of rotatable bonds is 7. The van der Waals surface area contributed by atoms with E-state index in [1.165, 1.54) is 21.5 Å². The molecule has 2 aromatic heterocycles. The van der Waals surface area contributed by atoms with Gasteiger partial charge in [0.25, 0.3) is 0 Å². The lowest BCUT2D eigenvalue weighted by Gasteiger charge is -2.04. The van der Waals surface area contributed by atoms with Crippen LogP contribution in [0.15, 0.2) is 34.6 Å². The van der Waals surface area contributed by atoms with Gasteiger partial charge in [-0.1, -0.05) is 0 Å². The van der Waals surface area contributed by atoms with Crippen LogP contribution in [0.1, 0.15) is 17.7 Å². The van der Waals surface area contributed by atoms with Crippen molar-refractivity contribution >= 4 is 27.3 Å². The van der Waals surface area contributed by atoms with E-state index >= 15 is 0 Å². The van der Waals surface area contributed by atoms with Gasteiger partial charge in [0.2, 0.25) is 0 Å². The first kappa shape index (κ1) is 12.8. The van der Waals surface area contributed by atoms with Gasteiger partial charge in [0.15, 0.2) is 0 Å². The van der Waals surface area contributed by atoms with E-state index < -0.39 is 0 Å². The number of thiophene rings is 1. The van der Waals surface area contributed by atoms with Crippen LogP contribution >= 0.6 is 27.3 Å². The summed E-state index contributed by atoms with van der Waals surface area (Å²) in [4.78, 5) is 5.40. The minimum absolute atomic E-state index is 0.974. The number of hydrogen-bond donors (Lipinski definition) is 1. The lowest BCUT2D eigenvalue weighted by Crippen LogP contribution is -2.14. The second-order valence-corrected chi connectivity index (χ2v) is 6.44. The Labute approximate surface area is 114 Å². The number of nitrogens with zero attached hydrogens (tertiary/aromatic N) is 2. The highest BCUT2D eigenvalue weighted by atomic mass is 79.9. The predicted octanol–water partition coefficient (Wildman–Crippen LogP) is 3.28. The average molecular weight is 314 g/mol. The highest BCUT2D eigenvalue weighted by molar-refractivity contribution is 9.11. The molecule has 0 spiro atoms. The summed E-state index contributed by atoms with van der Waals surface area (Å²) < 4.78 is 3.32. The number of unbranched alkanes of at least 4 members (excludes halogenated alkanes) is 1. The molecule has 0 fully saturated rings. The summed E-state index contributed by atoms with van der Waals surface area (Å²) in [6, 6.07) is 4.26. The van der Waals surface area contributed by atoms with Crippen LogP contribution in [0.2, 0.25) is 0 Å². The van der Waals surface area contributed by atoms with Gasteiger partial charge in [0.05, 0.1) is 10.1 Å². The molecule has 1 N–H and O–H groups in total.